The van der Waals surface area contributed by atoms with E-state index in [1.165, 1.54) is 17.6 Å². The number of hydrogen-bond acceptors (Lipinski definition) is 7. The molecule has 0 amide bonds. The zero-order chi connectivity index (χ0) is 13.3. The topological polar surface area (TPSA) is 68.7 Å². The first kappa shape index (κ1) is 13.7. The van der Waals surface area contributed by atoms with Gasteiger partial charge in [0.25, 0.3) is 0 Å². The van der Waals surface area contributed by atoms with Crippen LogP contribution in [0.5, 0.6) is 0 Å². The van der Waals surface area contributed by atoms with Gasteiger partial charge in [0.15, 0.2) is 11.4 Å². The highest BCUT2D eigenvalue weighted by Crippen LogP contribution is 2.33. The Kier molecular flexibility index (Phi) is 3.90. The lowest BCUT2D eigenvalue weighted by atomic mass is 10.4. The molecule has 2 heterocycles. The minimum absolute atomic E-state index is 0.117. The smallest absolute Gasteiger partial charge is 0.207 e. The van der Waals surface area contributed by atoms with Crippen LogP contribution in [0.15, 0.2) is 5.38 Å². The zero-order valence-corrected chi connectivity index (χ0v) is 12.1. The molecule has 102 valence electrons. The molecule has 18 heavy (non-hydrogen) atoms. The van der Waals surface area contributed by atoms with Gasteiger partial charge in [-0.15, -0.1) is 11.3 Å². The summed E-state index contributed by atoms with van der Waals surface area (Å²) in [6, 6.07) is 0. The molecule has 0 aromatic carbocycles. The summed E-state index contributed by atoms with van der Waals surface area (Å²) in [6.07, 6.45) is 0.669. The minimum atomic E-state index is -2.95. The number of nitrogens with zero attached hydrogens (tertiary/aromatic N) is 2. The van der Waals surface area contributed by atoms with Crippen molar-refractivity contribution in [2.45, 2.75) is 19.5 Å². The molecule has 2 rings (SSSR count). The second-order valence-electron chi connectivity index (χ2n) is 4.28. The van der Waals surface area contributed by atoms with Gasteiger partial charge in [0.1, 0.15) is 15.5 Å². The minimum Gasteiger partial charge on any atom is -0.350 e. The predicted octanol–water partition coefficient (Wildman–Crippen LogP) is 1.02. The Hall–Kier alpha value is -0.700. The van der Waals surface area contributed by atoms with Gasteiger partial charge in [-0.25, -0.2) is 13.4 Å². The van der Waals surface area contributed by atoms with Crippen LogP contribution in [0.1, 0.15) is 18.9 Å². The van der Waals surface area contributed by atoms with Crippen molar-refractivity contribution in [3.05, 3.63) is 11.1 Å². The second kappa shape index (κ2) is 5.12. The highest BCUT2D eigenvalue weighted by Gasteiger charge is 2.30. The van der Waals surface area contributed by atoms with Crippen molar-refractivity contribution in [2.24, 2.45) is 0 Å². The van der Waals surface area contributed by atoms with E-state index in [9.17, 15) is 8.42 Å². The lowest BCUT2D eigenvalue weighted by Crippen LogP contribution is -2.32. The highest BCUT2D eigenvalue weighted by atomic mass is 32.2. The lowest BCUT2D eigenvalue weighted by Gasteiger charge is -2.32. The van der Waals surface area contributed by atoms with Crippen LogP contribution in [0.4, 0.5) is 5.13 Å². The summed E-state index contributed by atoms with van der Waals surface area (Å²) in [5.74, 6) is 0.117. The summed E-state index contributed by atoms with van der Waals surface area (Å²) in [6.45, 7) is 2.25. The molecule has 1 aliphatic heterocycles. The number of thiazole rings is 1. The van der Waals surface area contributed by atoms with Gasteiger partial charge in [0.2, 0.25) is 6.29 Å². The summed E-state index contributed by atoms with van der Waals surface area (Å²) in [5.41, 5.74) is 0.735. The van der Waals surface area contributed by atoms with Gasteiger partial charge >= 0.3 is 0 Å². The summed E-state index contributed by atoms with van der Waals surface area (Å²) in [5, 5.41) is 2.63. The number of rotatable bonds is 5. The SMILES string of the molecule is CC1OC(c2csc(N(C)CCS(C)(=O)=O)n2)O1. The van der Waals surface area contributed by atoms with Crippen LogP contribution >= 0.6 is 11.3 Å². The normalized spacial score (nSPS) is 23.7. The van der Waals surface area contributed by atoms with E-state index < -0.39 is 9.84 Å². The van der Waals surface area contributed by atoms with Gasteiger partial charge < -0.3 is 14.4 Å². The molecule has 0 aliphatic carbocycles. The number of hydrogen-bond donors (Lipinski definition) is 0. The fraction of sp³-hybridized carbons (Fsp3) is 0.700. The molecule has 6 nitrogen and oxygen atoms in total. The van der Waals surface area contributed by atoms with E-state index in [2.05, 4.69) is 4.98 Å². The van der Waals surface area contributed by atoms with Gasteiger partial charge in [-0.3, -0.25) is 0 Å². The Morgan fingerprint density at radius 3 is 2.72 bits per heavy atom. The van der Waals surface area contributed by atoms with Crippen LogP contribution in [-0.2, 0) is 19.3 Å². The van der Waals surface area contributed by atoms with Gasteiger partial charge in [-0.1, -0.05) is 0 Å². The Bertz CT molecular complexity index is 508. The van der Waals surface area contributed by atoms with E-state index in [0.29, 0.717) is 6.54 Å². The van der Waals surface area contributed by atoms with E-state index in [4.69, 9.17) is 9.47 Å². The average Bonchev–Trinajstić information content (AvgIpc) is 2.69. The molecule has 0 unspecified atom stereocenters. The fourth-order valence-corrected chi connectivity index (χ4v) is 2.88. The molecule has 1 aromatic rings. The monoisotopic (exact) mass is 292 g/mol. The van der Waals surface area contributed by atoms with Gasteiger partial charge in [-0.05, 0) is 6.92 Å². The predicted molar refractivity (Wildman–Crippen MR) is 69.5 cm³/mol. The van der Waals surface area contributed by atoms with Crippen molar-refractivity contribution in [1.82, 2.24) is 4.98 Å². The Labute approximate surface area is 110 Å². The van der Waals surface area contributed by atoms with Gasteiger partial charge in [-0.2, -0.15) is 0 Å². The summed E-state index contributed by atoms with van der Waals surface area (Å²) < 4.78 is 32.9. The first-order chi connectivity index (χ1) is 8.35. The molecule has 1 aromatic heterocycles. The van der Waals surface area contributed by atoms with E-state index in [0.717, 1.165) is 10.8 Å². The maximum atomic E-state index is 11.1. The highest BCUT2D eigenvalue weighted by molar-refractivity contribution is 7.90. The number of ether oxygens (including phenoxy) is 2. The van der Waals surface area contributed by atoms with Crippen molar-refractivity contribution in [2.75, 3.05) is 30.5 Å². The third kappa shape index (κ3) is 3.41. The first-order valence-corrected chi connectivity index (χ1v) is 8.44. The van der Waals surface area contributed by atoms with Gasteiger partial charge in [0, 0.05) is 25.2 Å². The third-order valence-corrected chi connectivity index (χ3v) is 4.40. The Morgan fingerprint density at radius 2 is 2.17 bits per heavy atom. The molecule has 1 aliphatic rings. The van der Waals surface area contributed by atoms with E-state index in [1.54, 1.807) is 0 Å². The van der Waals surface area contributed by atoms with Crippen molar-refractivity contribution in [3.8, 4) is 0 Å². The Morgan fingerprint density at radius 1 is 1.50 bits per heavy atom. The largest absolute Gasteiger partial charge is 0.350 e. The van der Waals surface area contributed by atoms with Crippen molar-refractivity contribution >= 4 is 26.3 Å². The van der Waals surface area contributed by atoms with Crippen molar-refractivity contribution in [3.63, 3.8) is 0 Å². The summed E-state index contributed by atoms with van der Waals surface area (Å²) in [4.78, 5) is 6.18. The maximum Gasteiger partial charge on any atom is 0.207 e. The molecule has 8 heteroatoms. The third-order valence-electron chi connectivity index (χ3n) is 2.51. The molecule has 0 bridgehead atoms. The van der Waals surface area contributed by atoms with Crippen LogP contribution in [0, 0.1) is 0 Å². The molecular formula is C10H16N2O4S2. The van der Waals surface area contributed by atoms with Crippen LogP contribution in [0.25, 0.3) is 0 Å². The quantitative estimate of drug-likeness (QED) is 0.807. The average molecular weight is 292 g/mol. The molecule has 0 spiro atoms. The van der Waals surface area contributed by atoms with Crippen molar-refractivity contribution in [1.29, 1.82) is 0 Å². The van der Waals surface area contributed by atoms with Crippen LogP contribution in [0.3, 0.4) is 0 Å². The molecule has 0 N–H and O–H groups in total. The lowest BCUT2D eigenvalue weighted by molar-refractivity contribution is -0.383. The number of anilines is 1. The van der Waals surface area contributed by atoms with Crippen LogP contribution in [0.2, 0.25) is 0 Å². The van der Waals surface area contributed by atoms with E-state index in [1.807, 2.05) is 24.3 Å². The summed E-state index contributed by atoms with van der Waals surface area (Å²) >= 11 is 1.45. The molecule has 0 atom stereocenters. The number of aromatic nitrogens is 1. The molecule has 1 fully saturated rings. The number of sulfone groups is 1. The Balaban J connectivity index is 1.93. The molecular weight excluding hydrogens is 276 g/mol. The molecule has 0 radical (unpaired) electrons. The maximum absolute atomic E-state index is 11.1. The van der Waals surface area contributed by atoms with Crippen LogP contribution in [-0.4, -0.2) is 45.3 Å². The van der Waals surface area contributed by atoms with E-state index in [-0.39, 0.29) is 18.3 Å². The molecule has 1 saturated heterocycles. The summed E-state index contributed by atoms with van der Waals surface area (Å²) in [7, 11) is -1.13. The zero-order valence-electron chi connectivity index (χ0n) is 10.5. The van der Waals surface area contributed by atoms with Crippen LogP contribution < -0.4 is 4.90 Å². The first-order valence-electron chi connectivity index (χ1n) is 5.50. The van der Waals surface area contributed by atoms with Crippen molar-refractivity contribution < 1.29 is 17.9 Å². The second-order valence-corrected chi connectivity index (χ2v) is 7.37. The standard InChI is InChI=1S/C10H16N2O4S2/c1-7-15-9(16-7)8-6-17-10(11-8)12(2)4-5-18(3,13)14/h6-7,9H,4-5H2,1-3H3. The van der Waals surface area contributed by atoms with Gasteiger partial charge in [0.05, 0.1) is 5.75 Å². The molecule has 0 saturated carbocycles. The fourth-order valence-electron chi connectivity index (χ4n) is 1.46. The van der Waals surface area contributed by atoms with E-state index >= 15 is 0 Å².